The maximum atomic E-state index is 12.1. The smallest absolute Gasteiger partial charge is 0.310 e. The molecular formula is C15H26O6. The van der Waals surface area contributed by atoms with Crippen LogP contribution in [0.1, 0.15) is 53.9 Å². The van der Waals surface area contributed by atoms with Gasteiger partial charge in [-0.2, -0.15) is 0 Å². The third-order valence-electron chi connectivity index (χ3n) is 3.46. The SMILES string of the molecule is CCC(C)OC(=O)C(C)C(CC(=O)O)C(=O)OC(C)CC. The normalized spacial score (nSPS) is 16.4. The van der Waals surface area contributed by atoms with E-state index in [0.29, 0.717) is 12.8 Å². The molecular weight excluding hydrogens is 276 g/mol. The molecule has 0 rings (SSSR count). The maximum Gasteiger partial charge on any atom is 0.310 e. The summed E-state index contributed by atoms with van der Waals surface area (Å²) in [5, 5.41) is 8.92. The average Bonchev–Trinajstić information content (AvgIpc) is 2.42. The Morgan fingerprint density at radius 3 is 1.71 bits per heavy atom. The van der Waals surface area contributed by atoms with E-state index >= 15 is 0 Å². The first-order chi connectivity index (χ1) is 9.72. The molecule has 0 radical (unpaired) electrons. The number of carboxylic acids is 1. The zero-order valence-corrected chi connectivity index (χ0v) is 13.4. The molecule has 0 saturated carbocycles. The van der Waals surface area contributed by atoms with Crippen LogP contribution in [0.3, 0.4) is 0 Å². The second-order valence-electron chi connectivity index (χ2n) is 5.30. The highest BCUT2D eigenvalue weighted by molar-refractivity contribution is 5.85. The maximum absolute atomic E-state index is 12.1. The van der Waals surface area contributed by atoms with Crippen LogP contribution in [-0.4, -0.2) is 35.2 Å². The summed E-state index contributed by atoms with van der Waals surface area (Å²) in [6.07, 6.45) is 0.241. The largest absolute Gasteiger partial charge is 0.481 e. The predicted molar refractivity (Wildman–Crippen MR) is 76.6 cm³/mol. The minimum absolute atomic E-state index is 0.268. The van der Waals surface area contributed by atoms with Gasteiger partial charge in [0.15, 0.2) is 0 Å². The van der Waals surface area contributed by atoms with Gasteiger partial charge < -0.3 is 14.6 Å². The topological polar surface area (TPSA) is 89.9 Å². The molecule has 0 aliphatic heterocycles. The second-order valence-corrected chi connectivity index (χ2v) is 5.30. The first-order valence-electron chi connectivity index (χ1n) is 7.35. The van der Waals surface area contributed by atoms with Crippen LogP contribution in [0.15, 0.2) is 0 Å². The van der Waals surface area contributed by atoms with E-state index in [0.717, 1.165) is 0 Å². The Morgan fingerprint density at radius 2 is 1.33 bits per heavy atom. The van der Waals surface area contributed by atoms with E-state index in [1.165, 1.54) is 6.92 Å². The van der Waals surface area contributed by atoms with Gasteiger partial charge in [-0.25, -0.2) is 0 Å². The van der Waals surface area contributed by atoms with Crippen molar-refractivity contribution in [3.8, 4) is 0 Å². The van der Waals surface area contributed by atoms with Gasteiger partial charge in [0.05, 0.1) is 30.5 Å². The highest BCUT2D eigenvalue weighted by atomic mass is 16.6. The molecule has 0 amide bonds. The Morgan fingerprint density at radius 1 is 0.905 bits per heavy atom. The average molecular weight is 302 g/mol. The molecule has 0 aliphatic rings. The Balaban J connectivity index is 4.91. The minimum Gasteiger partial charge on any atom is -0.481 e. The number of carbonyl (C=O) groups excluding carboxylic acids is 2. The summed E-state index contributed by atoms with van der Waals surface area (Å²) >= 11 is 0. The standard InChI is InChI=1S/C15H26O6/c1-6-9(3)20-14(18)11(5)12(8-13(16)17)15(19)21-10(4)7-2/h9-12H,6-8H2,1-5H3,(H,16,17). The van der Waals surface area contributed by atoms with Crippen molar-refractivity contribution in [1.29, 1.82) is 0 Å². The van der Waals surface area contributed by atoms with Crippen molar-refractivity contribution in [3.05, 3.63) is 0 Å². The molecule has 0 spiro atoms. The number of hydrogen-bond acceptors (Lipinski definition) is 5. The molecule has 0 fully saturated rings. The van der Waals surface area contributed by atoms with Gasteiger partial charge in [0.25, 0.3) is 0 Å². The van der Waals surface area contributed by atoms with Gasteiger partial charge in [-0.1, -0.05) is 20.8 Å². The fourth-order valence-corrected chi connectivity index (χ4v) is 1.57. The summed E-state index contributed by atoms with van der Waals surface area (Å²) in [5.74, 6) is -4.28. The van der Waals surface area contributed by atoms with Crippen LogP contribution in [0, 0.1) is 11.8 Å². The van der Waals surface area contributed by atoms with Crippen molar-refractivity contribution in [2.75, 3.05) is 0 Å². The monoisotopic (exact) mass is 302 g/mol. The molecule has 6 heteroatoms. The van der Waals surface area contributed by atoms with Crippen molar-refractivity contribution in [2.24, 2.45) is 11.8 Å². The fourth-order valence-electron chi connectivity index (χ4n) is 1.57. The summed E-state index contributed by atoms with van der Waals surface area (Å²) < 4.78 is 10.3. The summed E-state index contributed by atoms with van der Waals surface area (Å²) in [5.41, 5.74) is 0. The summed E-state index contributed by atoms with van der Waals surface area (Å²) in [4.78, 5) is 34.9. The van der Waals surface area contributed by atoms with E-state index in [1.54, 1.807) is 13.8 Å². The van der Waals surface area contributed by atoms with E-state index in [9.17, 15) is 14.4 Å². The number of carbonyl (C=O) groups is 3. The van der Waals surface area contributed by atoms with Crippen LogP contribution in [0.4, 0.5) is 0 Å². The van der Waals surface area contributed by atoms with Gasteiger partial charge in [0.2, 0.25) is 0 Å². The molecule has 0 bridgehead atoms. The van der Waals surface area contributed by atoms with Gasteiger partial charge in [-0.05, 0) is 26.7 Å². The molecule has 1 N–H and O–H groups in total. The zero-order valence-electron chi connectivity index (χ0n) is 13.4. The van der Waals surface area contributed by atoms with E-state index in [4.69, 9.17) is 14.6 Å². The first-order valence-corrected chi connectivity index (χ1v) is 7.35. The molecule has 0 aromatic heterocycles. The Kier molecular flexibility index (Phi) is 8.66. The summed E-state index contributed by atoms with van der Waals surface area (Å²) in [7, 11) is 0. The van der Waals surface area contributed by atoms with Gasteiger partial charge in [-0.3, -0.25) is 14.4 Å². The van der Waals surface area contributed by atoms with Crippen LogP contribution in [0.5, 0.6) is 0 Å². The van der Waals surface area contributed by atoms with E-state index in [-0.39, 0.29) is 12.2 Å². The van der Waals surface area contributed by atoms with Crippen LogP contribution in [-0.2, 0) is 23.9 Å². The number of aliphatic carboxylic acids is 1. The van der Waals surface area contributed by atoms with Gasteiger partial charge in [0, 0.05) is 0 Å². The lowest BCUT2D eigenvalue weighted by Gasteiger charge is -2.23. The molecule has 0 aliphatic carbocycles. The van der Waals surface area contributed by atoms with Gasteiger partial charge in [0.1, 0.15) is 0 Å². The number of rotatable bonds is 9. The minimum atomic E-state index is -1.15. The van der Waals surface area contributed by atoms with E-state index in [1.807, 2.05) is 13.8 Å². The van der Waals surface area contributed by atoms with Crippen LogP contribution < -0.4 is 0 Å². The molecule has 0 saturated heterocycles. The van der Waals surface area contributed by atoms with Crippen molar-refractivity contribution in [1.82, 2.24) is 0 Å². The lowest BCUT2D eigenvalue weighted by molar-refractivity contribution is -0.167. The van der Waals surface area contributed by atoms with Crippen molar-refractivity contribution >= 4 is 17.9 Å². The third-order valence-corrected chi connectivity index (χ3v) is 3.46. The molecule has 4 atom stereocenters. The molecule has 21 heavy (non-hydrogen) atoms. The van der Waals surface area contributed by atoms with Gasteiger partial charge in [-0.15, -0.1) is 0 Å². The second kappa shape index (κ2) is 9.37. The summed E-state index contributed by atoms with van der Waals surface area (Å²) in [6, 6.07) is 0. The highest BCUT2D eigenvalue weighted by Crippen LogP contribution is 2.21. The molecule has 4 unspecified atom stereocenters. The van der Waals surface area contributed by atoms with E-state index in [2.05, 4.69) is 0 Å². The fraction of sp³-hybridized carbons (Fsp3) is 0.800. The molecule has 0 aromatic carbocycles. The Hall–Kier alpha value is -1.59. The number of hydrogen-bond donors (Lipinski definition) is 1. The lowest BCUT2D eigenvalue weighted by atomic mass is 9.91. The Bertz CT molecular complexity index is 365. The lowest BCUT2D eigenvalue weighted by Crippen LogP contribution is -2.35. The zero-order chi connectivity index (χ0) is 16.6. The molecule has 0 heterocycles. The predicted octanol–water partition coefficient (Wildman–Crippen LogP) is 2.40. The number of esters is 2. The van der Waals surface area contributed by atoms with E-state index < -0.39 is 36.2 Å². The quantitative estimate of drug-likeness (QED) is 0.658. The van der Waals surface area contributed by atoms with Crippen LogP contribution in [0.2, 0.25) is 0 Å². The van der Waals surface area contributed by atoms with Crippen molar-refractivity contribution in [3.63, 3.8) is 0 Å². The van der Waals surface area contributed by atoms with Crippen LogP contribution in [0.25, 0.3) is 0 Å². The van der Waals surface area contributed by atoms with Crippen molar-refractivity contribution < 1.29 is 29.0 Å². The Labute approximate surface area is 125 Å². The molecule has 122 valence electrons. The van der Waals surface area contributed by atoms with Gasteiger partial charge >= 0.3 is 17.9 Å². The number of carboxylic acid groups (broad SMARTS) is 1. The van der Waals surface area contributed by atoms with Crippen LogP contribution >= 0.6 is 0 Å². The third kappa shape index (κ3) is 7.11. The summed E-state index contributed by atoms with van der Waals surface area (Å²) in [6.45, 7) is 8.68. The highest BCUT2D eigenvalue weighted by Gasteiger charge is 2.35. The number of ether oxygens (including phenoxy) is 2. The first kappa shape index (κ1) is 19.4. The molecule has 0 aromatic rings. The van der Waals surface area contributed by atoms with Crippen molar-refractivity contribution in [2.45, 2.75) is 66.1 Å². The molecule has 6 nitrogen and oxygen atoms in total.